The van der Waals surface area contributed by atoms with Crippen molar-refractivity contribution in [1.82, 2.24) is 29.9 Å². The molecule has 0 N–H and O–H groups in total. The second kappa shape index (κ2) is 9.29. The van der Waals surface area contributed by atoms with E-state index in [9.17, 15) is 18.0 Å². The summed E-state index contributed by atoms with van der Waals surface area (Å²) in [6.07, 6.45) is 1.41. The molecule has 3 heterocycles. The van der Waals surface area contributed by atoms with Crippen molar-refractivity contribution in [2.45, 2.75) is 10.7 Å². The lowest BCUT2D eigenvalue weighted by Crippen LogP contribution is -2.49. The van der Waals surface area contributed by atoms with Gasteiger partial charge in [-0.1, -0.05) is 29.1 Å². The second-order valence-electron chi connectivity index (χ2n) is 7.50. The fourth-order valence-corrected chi connectivity index (χ4v) is 4.49. The number of alkyl halides is 2. The number of anilines is 1. The van der Waals surface area contributed by atoms with E-state index in [-0.39, 0.29) is 22.2 Å². The van der Waals surface area contributed by atoms with Crippen LogP contribution in [0.1, 0.15) is 10.4 Å². The highest BCUT2D eigenvalue weighted by atomic mass is 32.2. The second-order valence-corrected chi connectivity index (χ2v) is 8.53. The molecule has 1 fully saturated rings. The van der Waals surface area contributed by atoms with Gasteiger partial charge in [-0.15, -0.1) is 5.10 Å². The first-order valence-electron chi connectivity index (χ1n) is 10.4. The SMILES string of the molecule is O=C(c1ccccc1SC(F)F)N1CCN(c2ncnc3c2nnn3-c2ccc(F)cc2)CC1. The smallest absolute Gasteiger partial charge is 0.288 e. The summed E-state index contributed by atoms with van der Waals surface area (Å²) in [5.41, 5.74) is 1.86. The van der Waals surface area contributed by atoms with Crippen molar-refractivity contribution >= 4 is 34.7 Å². The summed E-state index contributed by atoms with van der Waals surface area (Å²) in [5, 5.41) is 8.39. The molecule has 1 aliphatic rings. The number of rotatable bonds is 5. The standard InChI is InChI=1S/C22H18F3N7OS/c23-14-5-7-15(8-6-14)32-20-18(28-29-32)19(26-13-27-20)30-9-11-31(12-10-30)21(33)16-3-1-2-4-17(16)34-22(24)25/h1-8,13,22H,9-12H2. The maximum absolute atomic E-state index is 13.3. The third-order valence-electron chi connectivity index (χ3n) is 5.49. The number of piperazine rings is 1. The number of thioether (sulfide) groups is 1. The number of benzene rings is 2. The molecule has 0 spiro atoms. The lowest BCUT2D eigenvalue weighted by molar-refractivity contribution is 0.0743. The van der Waals surface area contributed by atoms with Crippen LogP contribution in [0.25, 0.3) is 16.9 Å². The van der Waals surface area contributed by atoms with Gasteiger partial charge in [0.05, 0.1) is 11.3 Å². The van der Waals surface area contributed by atoms with Crippen molar-refractivity contribution in [3.8, 4) is 5.69 Å². The molecule has 5 rings (SSSR count). The van der Waals surface area contributed by atoms with E-state index in [1.807, 2.05) is 4.90 Å². The Morgan fingerprint density at radius 1 is 0.971 bits per heavy atom. The quantitative estimate of drug-likeness (QED) is 0.400. The van der Waals surface area contributed by atoms with Crippen molar-refractivity contribution in [1.29, 1.82) is 0 Å². The summed E-state index contributed by atoms with van der Waals surface area (Å²) in [4.78, 5) is 25.6. The van der Waals surface area contributed by atoms with Gasteiger partial charge >= 0.3 is 0 Å². The van der Waals surface area contributed by atoms with E-state index >= 15 is 0 Å². The number of nitrogens with zero attached hydrogens (tertiary/aromatic N) is 7. The number of halogens is 3. The molecule has 1 saturated heterocycles. The number of amides is 1. The number of carbonyl (C=O) groups excluding carboxylic acids is 1. The van der Waals surface area contributed by atoms with Crippen LogP contribution >= 0.6 is 11.8 Å². The van der Waals surface area contributed by atoms with Crippen LogP contribution in [0.5, 0.6) is 0 Å². The van der Waals surface area contributed by atoms with E-state index in [4.69, 9.17) is 0 Å². The number of aromatic nitrogens is 5. The van der Waals surface area contributed by atoms with Gasteiger partial charge in [0.15, 0.2) is 17.0 Å². The lowest BCUT2D eigenvalue weighted by atomic mass is 10.2. The minimum Gasteiger partial charge on any atom is -0.351 e. The summed E-state index contributed by atoms with van der Waals surface area (Å²) >= 11 is 0.371. The fourth-order valence-electron chi connectivity index (χ4n) is 3.86. The summed E-state index contributed by atoms with van der Waals surface area (Å²) in [7, 11) is 0. The van der Waals surface area contributed by atoms with Crippen molar-refractivity contribution in [2.24, 2.45) is 0 Å². The maximum Gasteiger partial charge on any atom is 0.288 e. The Bertz CT molecular complexity index is 1320. The highest BCUT2D eigenvalue weighted by Gasteiger charge is 2.27. The Morgan fingerprint density at radius 2 is 1.71 bits per heavy atom. The molecule has 4 aromatic rings. The fraction of sp³-hybridized carbons (Fsp3) is 0.227. The third kappa shape index (κ3) is 4.28. The van der Waals surface area contributed by atoms with E-state index in [0.717, 1.165) is 0 Å². The van der Waals surface area contributed by atoms with Gasteiger partial charge in [-0.25, -0.2) is 14.4 Å². The van der Waals surface area contributed by atoms with E-state index in [1.54, 1.807) is 35.2 Å². The Labute approximate surface area is 196 Å². The van der Waals surface area contributed by atoms with Crippen LogP contribution in [0.4, 0.5) is 19.0 Å². The van der Waals surface area contributed by atoms with Crippen molar-refractivity contribution in [3.63, 3.8) is 0 Å². The molecule has 12 heteroatoms. The minimum absolute atomic E-state index is 0.264. The van der Waals surface area contributed by atoms with Gasteiger partial charge in [0, 0.05) is 31.1 Å². The molecule has 1 aliphatic heterocycles. The van der Waals surface area contributed by atoms with Crippen LogP contribution < -0.4 is 4.90 Å². The number of carbonyl (C=O) groups is 1. The maximum atomic E-state index is 13.3. The number of hydrogen-bond acceptors (Lipinski definition) is 7. The normalized spacial score (nSPS) is 14.2. The molecule has 2 aromatic carbocycles. The zero-order valence-electron chi connectivity index (χ0n) is 17.7. The van der Waals surface area contributed by atoms with E-state index in [0.29, 0.717) is 60.6 Å². The van der Waals surface area contributed by atoms with Crippen LogP contribution in [0.2, 0.25) is 0 Å². The van der Waals surface area contributed by atoms with Gasteiger partial charge in [0.1, 0.15) is 12.1 Å². The predicted octanol–water partition coefficient (Wildman–Crippen LogP) is 3.63. The number of hydrogen-bond donors (Lipinski definition) is 0. The van der Waals surface area contributed by atoms with E-state index in [2.05, 4.69) is 20.3 Å². The average molecular weight is 485 g/mol. The van der Waals surface area contributed by atoms with Gasteiger partial charge < -0.3 is 9.80 Å². The molecule has 0 saturated carbocycles. The molecule has 34 heavy (non-hydrogen) atoms. The summed E-state index contributed by atoms with van der Waals surface area (Å²) in [6.45, 7) is 1.74. The summed E-state index contributed by atoms with van der Waals surface area (Å²) < 4.78 is 40.6. The molecule has 0 radical (unpaired) electrons. The summed E-state index contributed by atoms with van der Waals surface area (Å²) in [5.74, 6) is -2.65. The van der Waals surface area contributed by atoms with Gasteiger partial charge in [0.2, 0.25) is 0 Å². The van der Waals surface area contributed by atoms with Crippen LogP contribution in [0.3, 0.4) is 0 Å². The number of fused-ring (bicyclic) bond motifs is 1. The Morgan fingerprint density at radius 3 is 2.44 bits per heavy atom. The Balaban J connectivity index is 1.34. The molecule has 0 unspecified atom stereocenters. The molecule has 1 amide bonds. The molecule has 0 atom stereocenters. The van der Waals surface area contributed by atoms with Crippen LogP contribution in [0, 0.1) is 5.82 Å². The average Bonchev–Trinajstić information content (AvgIpc) is 3.29. The first-order valence-corrected chi connectivity index (χ1v) is 11.3. The first kappa shape index (κ1) is 22.1. The minimum atomic E-state index is -2.60. The van der Waals surface area contributed by atoms with Gasteiger partial charge in [-0.05, 0) is 36.4 Å². The monoisotopic (exact) mass is 485 g/mol. The highest BCUT2D eigenvalue weighted by Crippen LogP contribution is 2.30. The van der Waals surface area contributed by atoms with Crippen LogP contribution in [-0.4, -0.2) is 67.7 Å². The van der Waals surface area contributed by atoms with Crippen LogP contribution in [-0.2, 0) is 0 Å². The first-order chi connectivity index (χ1) is 16.5. The zero-order chi connectivity index (χ0) is 23.7. The van der Waals surface area contributed by atoms with E-state index in [1.165, 1.54) is 29.2 Å². The topological polar surface area (TPSA) is 80.0 Å². The predicted molar refractivity (Wildman–Crippen MR) is 121 cm³/mol. The van der Waals surface area contributed by atoms with Gasteiger partial charge in [-0.3, -0.25) is 4.79 Å². The summed E-state index contributed by atoms with van der Waals surface area (Å²) in [6, 6.07) is 12.2. The lowest BCUT2D eigenvalue weighted by Gasteiger charge is -2.35. The highest BCUT2D eigenvalue weighted by molar-refractivity contribution is 7.99. The van der Waals surface area contributed by atoms with Crippen molar-refractivity contribution < 1.29 is 18.0 Å². The molecular formula is C22H18F3N7OS. The molecule has 2 aromatic heterocycles. The molecule has 8 nitrogen and oxygen atoms in total. The third-order valence-corrected chi connectivity index (χ3v) is 6.28. The van der Waals surface area contributed by atoms with Gasteiger partial charge in [-0.2, -0.15) is 13.5 Å². The molecule has 0 bridgehead atoms. The Hall–Kier alpha value is -3.67. The molecule has 174 valence electrons. The van der Waals surface area contributed by atoms with Crippen LogP contribution in [0.15, 0.2) is 59.8 Å². The van der Waals surface area contributed by atoms with E-state index < -0.39 is 5.76 Å². The van der Waals surface area contributed by atoms with Crippen molar-refractivity contribution in [2.75, 3.05) is 31.1 Å². The van der Waals surface area contributed by atoms with Gasteiger partial charge in [0.25, 0.3) is 11.7 Å². The Kier molecular flexibility index (Phi) is 6.05. The molecule has 0 aliphatic carbocycles. The largest absolute Gasteiger partial charge is 0.351 e. The zero-order valence-corrected chi connectivity index (χ0v) is 18.5. The van der Waals surface area contributed by atoms with Crippen molar-refractivity contribution in [3.05, 3.63) is 66.2 Å². The molecular weight excluding hydrogens is 467 g/mol.